The first-order chi connectivity index (χ1) is 12.0. The van der Waals surface area contributed by atoms with Gasteiger partial charge < -0.3 is 9.47 Å². The quantitative estimate of drug-likeness (QED) is 0.661. The fourth-order valence-corrected chi connectivity index (χ4v) is 7.07. The van der Waals surface area contributed by atoms with Crippen molar-refractivity contribution in [2.75, 3.05) is 24.6 Å². The maximum Gasteiger partial charge on any atom is 0.201 e. The predicted octanol–water partition coefficient (Wildman–Crippen LogP) is 3.24. The minimum absolute atomic E-state index is 0.141. The molecular weight excluding hydrogens is 338 g/mol. The van der Waals surface area contributed by atoms with E-state index in [0.717, 1.165) is 25.9 Å². The molecule has 6 aliphatic rings. The number of rotatable bonds is 1. The van der Waals surface area contributed by atoms with Crippen LogP contribution in [0, 0.1) is 23.7 Å². The first-order valence-corrected chi connectivity index (χ1v) is 11.2. The number of hydrogen-bond acceptors (Lipinski definition) is 6. The van der Waals surface area contributed by atoms with E-state index in [2.05, 4.69) is 18.7 Å². The second-order valence-electron chi connectivity index (χ2n) is 8.94. The molecule has 0 aromatic rings. The van der Waals surface area contributed by atoms with Crippen LogP contribution in [0.25, 0.3) is 0 Å². The van der Waals surface area contributed by atoms with E-state index >= 15 is 0 Å². The summed E-state index contributed by atoms with van der Waals surface area (Å²) in [5, 5.41) is 0. The predicted molar refractivity (Wildman–Crippen MR) is 95.7 cm³/mol. The number of ether oxygens (including phenoxy) is 2. The summed E-state index contributed by atoms with van der Waals surface area (Å²) >= 11 is 2.05. The van der Waals surface area contributed by atoms with Gasteiger partial charge in [0.2, 0.25) is 5.79 Å². The van der Waals surface area contributed by atoms with Gasteiger partial charge in [-0.2, -0.15) is 11.8 Å². The fraction of sp³-hybridized carbons (Fsp3) is 1.00. The normalized spacial score (nSPS) is 56.3. The average Bonchev–Trinajstić information content (AvgIpc) is 2.85. The molecule has 5 aliphatic heterocycles. The van der Waals surface area contributed by atoms with E-state index in [1.807, 2.05) is 18.7 Å². The second kappa shape index (κ2) is 6.08. The average molecular weight is 370 g/mol. The molecule has 1 saturated carbocycles. The lowest BCUT2D eigenvalue weighted by Gasteiger charge is -2.61. The number of nitrogens with zero attached hydrogens (tertiary/aromatic N) is 1. The van der Waals surface area contributed by atoms with Crippen LogP contribution in [-0.2, 0) is 19.2 Å². The van der Waals surface area contributed by atoms with Gasteiger partial charge in [0.15, 0.2) is 11.9 Å². The number of hydrogen-bond donors (Lipinski definition) is 0. The molecule has 142 valence electrons. The van der Waals surface area contributed by atoms with Crippen molar-refractivity contribution in [3.8, 4) is 0 Å². The lowest BCUT2D eigenvalue weighted by molar-refractivity contribution is -0.574. The van der Waals surface area contributed by atoms with E-state index in [-0.39, 0.29) is 12.5 Å². The highest BCUT2D eigenvalue weighted by Crippen LogP contribution is 2.60. The number of thioether (sulfide) groups is 1. The summed E-state index contributed by atoms with van der Waals surface area (Å²) in [4.78, 5) is 14.6. The molecule has 0 amide bonds. The van der Waals surface area contributed by atoms with Crippen molar-refractivity contribution in [1.29, 1.82) is 0 Å². The summed E-state index contributed by atoms with van der Waals surface area (Å²) in [5.41, 5.74) is -0.422. The van der Waals surface area contributed by atoms with Crippen LogP contribution in [0.5, 0.6) is 0 Å². The zero-order valence-corrected chi connectivity index (χ0v) is 16.4. The van der Waals surface area contributed by atoms with Crippen LogP contribution >= 0.6 is 11.8 Å². The Kier molecular flexibility index (Phi) is 4.20. The summed E-state index contributed by atoms with van der Waals surface area (Å²) in [6.45, 7) is 8.96. The minimum Gasteiger partial charge on any atom is -0.331 e. The van der Waals surface area contributed by atoms with Gasteiger partial charge in [0.25, 0.3) is 0 Å². The molecule has 1 aliphatic carbocycles. The van der Waals surface area contributed by atoms with Crippen molar-refractivity contribution in [2.24, 2.45) is 23.7 Å². The van der Waals surface area contributed by atoms with Crippen LogP contribution in [0.2, 0.25) is 0 Å². The lowest BCUT2D eigenvalue weighted by atomic mass is 9.58. The van der Waals surface area contributed by atoms with Gasteiger partial charge in [-0.15, -0.1) is 0 Å². The molecule has 6 fully saturated rings. The maximum absolute atomic E-state index is 6.69. The van der Waals surface area contributed by atoms with Gasteiger partial charge in [0.05, 0.1) is 0 Å². The van der Waals surface area contributed by atoms with E-state index in [1.54, 1.807) is 0 Å². The Morgan fingerprint density at radius 1 is 1.00 bits per heavy atom. The summed E-state index contributed by atoms with van der Waals surface area (Å²) in [7, 11) is 0. The Balaban J connectivity index is 1.52. The van der Waals surface area contributed by atoms with Crippen molar-refractivity contribution < 1.29 is 19.2 Å². The maximum atomic E-state index is 6.69. The molecule has 25 heavy (non-hydrogen) atoms. The minimum atomic E-state index is -0.666. The summed E-state index contributed by atoms with van der Waals surface area (Å²) in [6.07, 6.45) is 4.28. The third-order valence-electron chi connectivity index (χ3n) is 7.53. The van der Waals surface area contributed by atoms with E-state index in [1.165, 1.54) is 24.3 Å². The van der Waals surface area contributed by atoms with E-state index in [0.29, 0.717) is 23.7 Å². The standard InChI is InChI=1S/C19H31NO4S/c1-12-4-5-15-13(2)16(20-8-10-25-11-9-20)21-17-19(15)14(12)6-7-18(3,22-17)23-24-19/h12-17H,4-11H2,1-3H3/t12-,13-,14+,15+,16-,17-,18+,19?/m1/s1. The molecule has 5 heterocycles. The highest BCUT2D eigenvalue weighted by Gasteiger charge is 2.69. The van der Waals surface area contributed by atoms with E-state index in [9.17, 15) is 0 Å². The zero-order valence-electron chi connectivity index (χ0n) is 15.6. The molecule has 0 radical (unpaired) electrons. The second-order valence-corrected chi connectivity index (χ2v) is 10.2. The van der Waals surface area contributed by atoms with Crippen molar-refractivity contribution in [3.63, 3.8) is 0 Å². The fourth-order valence-electron chi connectivity index (χ4n) is 6.14. The first-order valence-electron chi connectivity index (χ1n) is 10.1. The summed E-state index contributed by atoms with van der Waals surface area (Å²) in [5.74, 6) is 3.70. The van der Waals surface area contributed by atoms with Crippen molar-refractivity contribution in [3.05, 3.63) is 0 Å². The van der Waals surface area contributed by atoms with Gasteiger partial charge in [0.1, 0.15) is 6.23 Å². The van der Waals surface area contributed by atoms with Gasteiger partial charge in [-0.3, -0.25) is 4.90 Å². The van der Waals surface area contributed by atoms with E-state index < -0.39 is 11.4 Å². The summed E-state index contributed by atoms with van der Waals surface area (Å²) < 4.78 is 13.1. The Labute approximate surface area is 155 Å². The SMILES string of the molecule is C[C@H]1[C@H](N2CCSCC2)O[C@@H]2O[C@]3(C)CC[C@H]4[C@H](C)CC[C@@H]1C24OO3. The molecule has 5 saturated heterocycles. The molecule has 6 rings (SSSR count). The van der Waals surface area contributed by atoms with Gasteiger partial charge in [-0.05, 0) is 38.0 Å². The summed E-state index contributed by atoms with van der Waals surface area (Å²) in [6, 6.07) is 0. The topological polar surface area (TPSA) is 40.2 Å². The van der Waals surface area contributed by atoms with Gasteiger partial charge >= 0.3 is 0 Å². The Morgan fingerprint density at radius 2 is 1.80 bits per heavy atom. The van der Waals surface area contributed by atoms with Crippen molar-refractivity contribution in [2.45, 2.75) is 70.4 Å². The van der Waals surface area contributed by atoms with Crippen molar-refractivity contribution >= 4 is 11.8 Å². The lowest BCUT2D eigenvalue weighted by Crippen LogP contribution is -2.72. The molecular formula is C19H31NO4S. The number of fused-ring (bicyclic) bond motifs is 2. The molecule has 8 atom stereocenters. The molecule has 5 nitrogen and oxygen atoms in total. The molecule has 1 spiro atoms. The van der Waals surface area contributed by atoms with Crippen LogP contribution in [-0.4, -0.2) is 53.4 Å². The zero-order chi connectivity index (χ0) is 17.2. The smallest absolute Gasteiger partial charge is 0.201 e. The van der Waals surface area contributed by atoms with E-state index in [4.69, 9.17) is 19.2 Å². The molecule has 6 heteroatoms. The molecule has 0 N–H and O–H groups in total. The van der Waals surface area contributed by atoms with Crippen LogP contribution < -0.4 is 0 Å². The highest BCUT2D eigenvalue weighted by molar-refractivity contribution is 7.99. The van der Waals surface area contributed by atoms with Gasteiger partial charge in [-0.25, -0.2) is 9.78 Å². The van der Waals surface area contributed by atoms with Crippen LogP contribution in [0.1, 0.15) is 46.5 Å². The van der Waals surface area contributed by atoms with Gasteiger partial charge in [0, 0.05) is 42.9 Å². The van der Waals surface area contributed by atoms with Crippen LogP contribution in [0.4, 0.5) is 0 Å². The Morgan fingerprint density at radius 3 is 2.60 bits per heavy atom. The molecule has 2 bridgehead atoms. The van der Waals surface area contributed by atoms with Gasteiger partial charge in [-0.1, -0.05) is 13.8 Å². The largest absolute Gasteiger partial charge is 0.331 e. The third-order valence-corrected chi connectivity index (χ3v) is 8.47. The van der Waals surface area contributed by atoms with Crippen LogP contribution in [0.15, 0.2) is 0 Å². The Hall–Kier alpha value is 0.150. The molecule has 0 aromatic carbocycles. The molecule has 0 aromatic heterocycles. The van der Waals surface area contributed by atoms with Crippen LogP contribution in [0.3, 0.4) is 0 Å². The Bertz CT molecular complexity index is 530. The third kappa shape index (κ3) is 2.48. The monoisotopic (exact) mass is 369 g/mol. The first kappa shape index (κ1) is 17.3. The van der Waals surface area contributed by atoms with Crippen molar-refractivity contribution in [1.82, 2.24) is 4.90 Å². The highest BCUT2D eigenvalue weighted by atomic mass is 32.2. The molecule has 1 unspecified atom stereocenters.